The zero-order chi connectivity index (χ0) is 22.3. The molecule has 0 heterocycles. The van der Waals surface area contributed by atoms with Crippen molar-refractivity contribution >= 4 is 11.1 Å². The molecule has 0 aromatic heterocycles. The molecule has 0 nitrogen and oxygen atoms in total. The maximum Gasteiger partial charge on any atom is 0.0321 e. The molecular weight excluding hydrogens is 384 g/mol. The van der Waals surface area contributed by atoms with Crippen LogP contribution in [0, 0.1) is 19.3 Å². The maximum atomic E-state index is 5.97. The van der Waals surface area contributed by atoms with Gasteiger partial charge in [-0.25, -0.2) is 0 Å². The van der Waals surface area contributed by atoms with Crippen LogP contribution in [0.1, 0.15) is 23.6 Å². The van der Waals surface area contributed by atoms with Gasteiger partial charge in [0.1, 0.15) is 0 Å². The van der Waals surface area contributed by atoms with Crippen LogP contribution in [0.4, 0.5) is 0 Å². The first-order chi connectivity index (χ1) is 15.7. The molecule has 0 fully saturated rings. The fourth-order valence-corrected chi connectivity index (χ4v) is 3.90. The van der Waals surface area contributed by atoms with Gasteiger partial charge in [-0.05, 0) is 71.0 Å². The van der Waals surface area contributed by atoms with E-state index in [0.29, 0.717) is 0 Å². The number of aryl methyl sites for hydroxylation is 1. The summed E-state index contributed by atoms with van der Waals surface area (Å²) in [6.45, 7) is 4.18. The largest absolute Gasteiger partial charge is 0.115 e. The van der Waals surface area contributed by atoms with Crippen LogP contribution >= 0.6 is 0 Å². The second kappa shape index (κ2) is 9.82. The summed E-state index contributed by atoms with van der Waals surface area (Å²) in [6.07, 6.45) is 10.2. The van der Waals surface area contributed by atoms with E-state index in [1.54, 1.807) is 0 Å². The standard InChI is InChI=1S/C32H26/c1-4-25(29-16-10-18-31(22-29)27-13-7-6-8-14-27)21-26(5-2)30-17-11-19-32(23-30)28-15-9-12-24(3)20-28/h1,5-23H,2-3H3. The normalized spacial score (nSPS) is 11.8. The van der Waals surface area contributed by atoms with Crippen LogP contribution in [0.2, 0.25) is 0 Å². The number of hydrogen-bond donors (Lipinski definition) is 0. The molecule has 0 saturated carbocycles. The monoisotopic (exact) mass is 410 g/mol. The van der Waals surface area contributed by atoms with Gasteiger partial charge in [-0.2, -0.15) is 0 Å². The molecule has 0 aliphatic heterocycles. The second-order valence-electron chi connectivity index (χ2n) is 7.84. The van der Waals surface area contributed by atoms with Gasteiger partial charge in [0.2, 0.25) is 0 Å². The van der Waals surface area contributed by atoms with E-state index in [1.807, 2.05) is 6.07 Å². The first-order valence-electron chi connectivity index (χ1n) is 10.9. The average molecular weight is 411 g/mol. The summed E-state index contributed by atoms with van der Waals surface area (Å²) in [5.41, 5.74) is 10.2. The number of benzene rings is 4. The predicted octanol–water partition coefficient (Wildman–Crippen LogP) is 8.45. The Bertz CT molecular complexity index is 1330. The third-order valence-electron chi connectivity index (χ3n) is 5.59. The molecule has 0 saturated heterocycles. The number of rotatable bonds is 5. The van der Waals surface area contributed by atoms with Gasteiger partial charge in [0.15, 0.2) is 0 Å². The summed E-state index contributed by atoms with van der Waals surface area (Å²) in [5, 5.41) is 0. The van der Waals surface area contributed by atoms with E-state index in [1.165, 1.54) is 22.3 Å². The SMILES string of the molecule is C#CC(=CC(=CC)c1cccc(-c2cccc(C)c2)c1)c1cccc(-c2ccccc2)c1. The molecule has 0 atom stereocenters. The Morgan fingerprint density at radius 3 is 1.88 bits per heavy atom. The topological polar surface area (TPSA) is 0 Å². The summed E-state index contributed by atoms with van der Waals surface area (Å²) in [6, 6.07) is 36.0. The fourth-order valence-electron chi connectivity index (χ4n) is 3.90. The molecule has 32 heavy (non-hydrogen) atoms. The Morgan fingerprint density at radius 2 is 1.22 bits per heavy atom. The third kappa shape index (κ3) is 4.80. The smallest absolute Gasteiger partial charge is 0.0321 e. The van der Waals surface area contributed by atoms with Crippen LogP contribution in [0.5, 0.6) is 0 Å². The highest BCUT2D eigenvalue weighted by molar-refractivity contribution is 5.91. The Hall–Kier alpha value is -4.08. The van der Waals surface area contributed by atoms with Crippen molar-refractivity contribution in [3.8, 4) is 34.6 Å². The number of allylic oxidation sites excluding steroid dienone is 4. The molecule has 4 rings (SSSR count). The van der Waals surface area contributed by atoms with Crippen molar-refractivity contribution in [2.45, 2.75) is 13.8 Å². The average Bonchev–Trinajstić information content (AvgIpc) is 2.85. The molecule has 4 aromatic rings. The minimum absolute atomic E-state index is 0.872. The van der Waals surface area contributed by atoms with Crippen molar-refractivity contribution < 1.29 is 0 Å². The van der Waals surface area contributed by atoms with Crippen LogP contribution in [-0.2, 0) is 0 Å². The van der Waals surface area contributed by atoms with E-state index >= 15 is 0 Å². The third-order valence-corrected chi connectivity index (χ3v) is 5.59. The quantitative estimate of drug-likeness (QED) is 0.229. The molecule has 0 aliphatic rings. The Kier molecular flexibility index (Phi) is 6.49. The molecule has 0 unspecified atom stereocenters. The molecule has 0 radical (unpaired) electrons. The van der Waals surface area contributed by atoms with Gasteiger partial charge in [0, 0.05) is 5.57 Å². The van der Waals surface area contributed by atoms with Crippen LogP contribution in [0.25, 0.3) is 33.4 Å². The lowest BCUT2D eigenvalue weighted by Gasteiger charge is -2.10. The summed E-state index contributed by atoms with van der Waals surface area (Å²) in [5.74, 6) is 2.91. The minimum Gasteiger partial charge on any atom is -0.115 e. The zero-order valence-electron chi connectivity index (χ0n) is 18.5. The number of hydrogen-bond acceptors (Lipinski definition) is 0. The minimum atomic E-state index is 0.872. The maximum absolute atomic E-state index is 5.97. The van der Waals surface area contributed by atoms with Crippen molar-refractivity contribution in [2.75, 3.05) is 0 Å². The van der Waals surface area contributed by atoms with Crippen LogP contribution < -0.4 is 0 Å². The van der Waals surface area contributed by atoms with Crippen molar-refractivity contribution in [1.82, 2.24) is 0 Å². The van der Waals surface area contributed by atoms with E-state index in [2.05, 4.69) is 129 Å². The van der Waals surface area contributed by atoms with Gasteiger partial charge in [-0.3, -0.25) is 0 Å². The molecule has 0 heteroatoms. The zero-order valence-corrected chi connectivity index (χ0v) is 18.5. The Balaban J connectivity index is 1.70. The van der Waals surface area contributed by atoms with Crippen LogP contribution in [0.3, 0.4) is 0 Å². The molecule has 0 bridgehead atoms. The van der Waals surface area contributed by atoms with E-state index in [0.717, 1.165) is 27.8 Å². The highest BCUT2D eigenvalue weighted by Gasteiger charge is 2.06. The van der Waals surface area contributed by atoms with Gasteiger partial charge >= 0.3 is 0 Å². The van der Waals surface area contributed by atoms with Gasteiger partial charge in [-0.1, -0.05) is 109 Å². The van der Waals surface area contributed by atoms with E-state index < -0.39 is 0 Å². The van der Waals surface area contributed by atoms with Gasteiger partial charge in [0.25, 0.3) is 0 Å². The lowest BCUT2D eigenvalue weighted by molar-refractivity contribution is 1.46. The summed E-state index contributed by atoms with van der Waals surface area (Å²) < 4.78 is 0. The second-order valence-corrected chi connectivity index (χ2v) is 7.84. The van der Waals surface area contributed by atoms with Crippen molar-refractivity contribution in [3.63, 3.8) is 0 Å². The summed E-state index contributed by atoms with van der Waals surface area (Å²) in [4.78, 5) is 0. The van der Waals surface area contributed by atoms with E-state index in [9.17, 15) is 0 Å². The fraction of sp³-hybridized carbons (Fsp3) is 0.0625. The summed E-state index contributed by atoms with van der Waals surface area (Å²) >= 11 is 0. The van der Waals surface area contributed by atoms with E-state index in [4.69, 9.17) is 6.42 Å². The Labute approximate surface area is 191 Å². The lowest BCUT2D eigenvalue weighted by atomic mass is 9.94. The van der Waals surface area contributed by atoms with Crippen molar-refractivity contribution in [3.05, 3.63) is 132 Å². The molecule has 4 aromatic carbocycles. The molecule has 0 aliphatic carbocycles. The molecule has 0 amide bonds. The number of terminal acetylenes is 1. The predicted molar refractivity (Wildman–Crippen MR) is 139 cm³/mol. The first-order valence-corrected chi connectivity index (χ1v) is 10.9. The molecular formula is C32H26. The van der Waals surface area contributed by atoms with Gasteiger partial charge < -0.3 is 0 Å². The van der Waals surface area contributed by atoms with Crippen LogP contribution in [-0.4, -0.2) is 0 Å². The van der Waals surface area contributed by atoms with Gasteiger partial charge in [0.05, 0.1) is 0 Å². The highest BCUT2D eigenvalue weighted by Crippen LogP contribution is 2.29. The van der Waals surface area contributed by atoms with Crippen molar-refractivity contribution in [2.24, 2.45) is 0 Å². The van der Waals surface area contributed by atoms with Crippen molar-refractivity contribution in [1.29, 1.82) is 0 Å². The van der Waals surface area contributed by atoms with Crippen LogP contribution in [0.15, 0.2) is 115 Å². The summed E-state index contributed by atoms with van der Waals surface area (Å²) in [7, 11) is 0. The molecule has 154 valence electrons. The first kappa shape index (κ1) is 21.2. The van der Waals surface area contributed by atoms with Gasteiger partial charge in [-0.15, -0.1) is 6.42 Å². The molecule has 0 N–H and O–H groups in total. The highest BCUT2D eigenvalue weighted by atomic mass is 14.1. The Morgan fingerprint density at radius 1 is 0.656 bits per heavy atom. The molecule has 0 spiro atoms. The van der Waals surface area contributed by atoms with E-state index in [-0.39, 0.29) is 0 Å². The lowest BCUT2D eigenvalue weighted by Crippen LogP contribution is -1.88.